The van der Waals surface area contributed by atoms with E-state index in [4.69, 9.17) is 14.3 Å². The number of aliphatic hydroxyl groups excluding tert-OH is 1. The second-order valence-electron chi connectivity index (χ2n) is 21.1. The Morgan fingerprint density at radius 1 is 0.880 bits per heavy atom. The number of aliphatic hydroxyl groups is 1. The van der Waals surface area contributed by atoms with E-state index in [9.17, 15) is 38.7 Å². The maximum atomic E-state index is 14.7. The fourth-order valence-corrected chi connectivity index (χ4v) is 10.9. The zero-order valence-corrected chi connectivity index (χ0v) is 46.1. The van der Waals surface area contributed by atoms with Crippen molar-refractivity contribution < 1.29 is 53.0 Å². The summed E-state index contributed by atoms with van der Waals surface area (Å²) in [5, 5.41) is 25.8. The highest BCUT2D eigenvalue weighted by atomic mass is 16.7. The molecule has 0 radical (unpaired) electrons. The van der Waals surface area contributed by atoms with Crippen molar-refractivity contribution in [3.63, 3.8) is 0 Å². The molecular weight excluding hydrogens is 965 g/mol. The van der Waals surface area contributed by atoms with E-state index in [1.165, 1.54) is 19.3 Å². The van der Waals surface area contributed by atoms with Crippen LogP contribution >= 0.6 is 0 Å². The van der Waals surface area contributed by atoms with Crippen molar-refractivity contribution >= 4 is 52.4 Å². The number of hydrogen-bond acceptors (Lipinski definition) is 13. The Morgan fingerprint density at radius 2 is 1.57 bits per heavy atom. The predicted molar refractivity (Wildman–Crippen MR) is 283 cm³/mol. The number of likely N-dealkylation sites (N-methyl/N-ethyl adjacent to an activating group) is 2. The quantitative estimate of drug-likeness (QED) is 0.0673. The molecule has 10 atom stereocenters. The molecule has 5 rings (SSSR count). The van der Waals surface area contributed by atoms with E-state index in [-0.39, 0.29) is 67.4 Å². The molecule has 1 unspecified atom stereocenters. The lowest BCUT2D eigenvalue weighted by Gasteiger charge is -2.41. The summed E-state index contributed by atoms with van der Waals surface area (Å²) < 4.78 is 12.2. The topological polar surface area (TPSA) is 248 Å². The summed E-state index contributed by atoms with van der Waals surface area (Å²) >= 11 is 0. The van der Waals surface area contributed by atoms with Gasteiger partial charge in [-0.15, -0.1) is 0 Å². The summed E-state index contributed by atoms with van der Waals surface area (Å²) in [5.41, 5.74) is 1.89. The van der Waals surface area contributed by atoms with Crippen LogP contribution in [0.5, 0.6) is 0 Å². The number of fused-ring (bicyclic) bond motifs is 1. The van der Waals surface area contributed by atoms with Crippen LogP contribution < -0.4 is 21.3 Å². The summed E-state index contributed by atoms with van der Waals surface area (Å²) in [7, 11) is 6.55. The van der Waals surface area contributed by atoms with E-state index < -0.39 is 72.4 Å². The molecule has 3 aliphatic heterocycles. The second-order valence-corrected chi connectivity index (χ2v) is 21.1. The number of nitrogens with zero attached hydrogens (tertiary/aromatic N) is 5. The molecule has 75 heavy (non-hydrogen) atoms. The Balaban J connectivity index is 1.22. The lowest BCUT2D eigenvalue weighted by molar-refractivity contribution is -0.261. The number of aromatic amines is 1. The molecule has 1 aromatic carbocycles. The van der Waals surface area contributed by atoms with Crippen LogP contribution in [0.2, 0.25) is 0 Å². The molecule has 2 saturated heterocycles. The number of rotatable bonds is 28. The SMILES string of the molecule is CC[C@H](C)[C@@H]([C@@H](CC(=O)N1CCC[C@H]1[C@H](OC)[C@@H](C)C(=O)N[C@@H](Cc1c[nH]c2ccccc12)C(O)N1CCCCO1)OC)N(C)C(=O)[C@@H](NC(=O)[C@H](C(C)C)N(C)CCNC(=O)NCCN1C(=O)C=CC1=O)C(C)C. The van der Waals surface area contributed by atoms with Gasteiger partial charge in [-0.1, -0.05) is 73.1 Å². The zero-order chi connectivity index (χ0) is 55.1. The Kier molecular flexibility index (Phi) is 23.1. The van der Waals surface area contributed by atoms with Crippen LogP contribution in [0, 0.1) is 23.7 Å². The third-order valence-corrected chi connectivity index (χ3v) is 15.3. The van der Waals surface area contributed by atoms with Gasteiger partial charge in [-0.3, -0.25) is 43.4 Å². The van der Waals surface area contributed by atoms with Gasteiger partial charge in [0.25, 0.3) is 11.8 Å². The molecule has 21 heteroatoms. The summed E-state index contributed by atoms with van der Waals surface area (Å²) in [6.07, 6.45) is 5.73. The molecule has 8 amide bonds. The van der Waals surface area contributed by atoms with Crippen LogP contribution in [0.15, 0.2) is 42.6 Å². The molecule has 2 fully saturated rings. The van der Waals surface area contributed by atoms with Gasteiger partial charge in [0.2, 0.25) is 23.6 Å². The zero-order valence-electron chi connectivity index (χ0n) is 46.1. The van der Waals surface area contributed by atoms with E-state index in [1.807, 2.05) is 76.9 Å². The average molecular weight is 1050 g/mol. The van der Waals surface area contributed by atoms with Crippen LogP contribution in [0.3, 0.4) is 0 Å². The molecule has 1 aromatic heterocycles. The Morgan fingerprint density at radius 3 is 2.20 bits per heavy atom. The number of hydrogen-bond donors (Lipinski definition) is 6. The van der Waals surface area contributed by atoms with E-state index in [2.05, 4.69) is 26.3 Å². The number of methoxy groups -OCH3 is 2. The fraction of sp³-hybridized carbons (Fsp3) is 0.685. The molecule has 21 nitrogen and oxygen atoms in total. The Bertz CT molecular complexity index is 2250. The van der Waals surface area contributed by atoms with Gasteiger partial charge in [-0.25, -0.2) is 4.79 Å². The molecule has 3 aliphatic rings. The summed E-state index contributed by atoms with van der Waals surface area (Å²) in [6, 6.07) is 4.10. The van der Waals surface area contributed by atoms with Crippen molar-refractivity contribution in [3.8, 4) is 0 Å². The monoisotopic (exact) mass is 1050 g/mol. The minimum atomic E-state index is -1.12. The van der Waals surface area contributed by atoms with Crippen molar-refractivity contribution in [2.45, 2.75) is 142 Å². The molecule has 0 saturated carbocycles. The molecule has 4 heterocycles. The van der Waals surface area contributed by atoms with Gasteiger partial charge in [0.1, 0.15) is 12.3 Å². The number of carbonyl (C=O) groups is 7. The van der Waals surface area contributed by atoms with Gasteiger partial charge in [0.05, 0.1) is 55.3 Å². The van der Waals surface area contributed by atoms with Crippen molar-refractivity contribution in [1.82, 2.24) is 50.9 Å². The fourth-order valence-electron chi connectivity index (χ4n) is 10.9. The van der Waals surface area contributed by atoms with Gasteiger partial charge in [-0.2, -0.15) is 5.06 Å². The maximum Gasteiger partial charge on any atom is 0.314 e. The molecule has 418 valence electrons. The summed E-state index contributed by atoms with van der Waals surface area (Å²) in [6.45, 7) is 15.4. The molecule has 0 aliphatic carbocycles. The first-order valence-electron chi connectivity index (χ1n) is 26.8. The van der Waals surface area contributed by atoms with Crippen molar-refractivity contribution in [2.24, 2.45) is 23.7 Å². The number of amides is 8. The average Bonchev–Trinajstić information content (AvgIpc) is 4.13. The number of ether oxygens (including phenoxy) is 2. The van der Waals surface area contributed by atoms with Crippen molar-refractivity contribution in [1.29, 1.82) is 0 Å². The van der Waals surface area contributed by atoms with Crippen LogP contribution in [-0.4, -0.2) is 199 Å². The van der Waals surface area contributed by atoms with Crippen LogP contribution in [-0.2, 0) is 49.5 Å². The number of nitrogens with one attached hydrogen (secondary N) is 5. The molecule has 6 N–H and O–H groups in total. The largest absolute Gasteiger partial charge is 0.379 e. The third-order valence-electron chi connectivity index (χ3n) is 15.3. The number of urea groups is 1. The van der Waals surface area contributed by atoms with Crippen molar-refractivity contribution in [2.75, 3.05) is 74.2 Å². The number of para-hydroxylation sites is 1. The summed E-state index contributed by atoms with van der Waals surface area (Å²) in [5.74, 6) is -3.37. The number of benzene rings is 1. The molecule has 0 bridgehead atoms. The number of aromatic nitrogens is 1. The van der Waals surface area contributed by atoms with Crippen LogP contribution in [0.1, 0.15) is 92.6 Å². The third kappa shape index (κ3) is 15.6. The first-order valence-corrected chi connectivity index (χ1v) is 26.8. The maximum absolute atomic E-state index is 14.7. The number of likely N-dealkylation sites (tertiary alicyclic amines) is 1. The van der Waals surface area contributed by atoms with Gasteiger partial charge in [0, 0.05) is 89.8 Å². The molecule has 0 spiro atoms. The minimum Gasteiger partial charge on any atom is -0.379 e. The molecular formula is C54H86N10O11. The summed E-state index contributed by atoms with van der Waals surface area (Å²) in [4.78, 5) is 109. The number of H-pyrrole nitrogens is 1. The highest BCUT2D eigenvalue weighted by molar-refractivity contribution is 6.12. The Labute approximate surface area is 443 Å². The van der Waals surface area contributed by atoms with Gasteiger partial charge in [0.15, 0.2) is 0 Å². The molecule has 2 aromatic rings. The highest BCUT2D eigenvalue weighted by Gasteiger charge is 2.44. The van der Waals surface area contributed by atoms with E-state index in [1.54, 1.807) is 43.0 Å². The predicted octanol–water partition coefficient (Wildman–Crippen LogP) is 2.78. The number of imide groups is 1. The number of carbonyl (C=O) groups excluding carboxylic acids is 7. The lowest BCUT2D eigenvalue weighted by atomic mass is 9.89. The van der Waals surface area contributed by atoms with Crippen LogP contribution in [0.25, 0.3) is 10.9 Å². The van der Waals surface area contributed by atoms with Gasteiger partial charge < -0.3 is 50.6 Å². The number of hydroxylamine groups is 2. The van der Waals surface area contributed by atoms with Crippen LogP contribution in [0.4, 0.5) is 4.79 Å². The second kappa shape index (κ2) is 28.6. The first kappa shape index (κ1) is 60.4. The highest BCUT2D eigenvalue weighted by Crippen LogP contribution is 2.31. The first-order chi connectivity index (χ1) is 35.7. The van der Waals surface area contributed by atoms with Gasteiger partial charge >= 0.3 is 6.03 Å². The standard InChI is InChI=1S/C54H86N10O11/c1-12-35(6)48(61(9)53(71)46(33(2)3)59-51(69)47(34(4)5)60(8)27-23-55-54(72)56-24-28-63-43(65)21-22-44(63)66)42(73-10)31-45(67)62-25-17-20-41(62)49(74-11)36(7)50(68)58-40(52(70)64-26-15-16-29-75-64)30-37-32-57-39-19-14-13-18-38(37)39/h13-14,18-19,21-22,32-36,40-42,46-49,52,57,70H,12,15-17,20,23-31H2,1-11H3,(H,58,68)(H,59,69)(H2,55,56,72)/t35-,36+,40-,41-,42+,46-,47-,48-,49+,52?/m0/s1. The van der Waals surface area contributed by atoms with Gasteiger partial charge in [-0.05, 0) is 68.5 Å². The van der Waals surface area contributed by atoms with E-state index in [0.29, 0.717) is 51.9 Å². The van der Waals surface area contributed by atoms with Crippen molar-refractivity contribution in [3.05, 3.63) is 48.2 Å². The lowest BCUT2D eigenvalue weighted by Crippen LogP contribution is -2.60. The minimum absolute atomic E-state index is 0.0388. The Hall–Kier alpha value is -5.45. The van der Waals surface area contributed by atoms with E-state index >= 15 is 0 Å². The smallest absolute Gasteiger partial charge is 0.314 e. The normalized spacial score (nSPS) is 20.0. The van der Waals surface area contributed by atoms with E-state index in [0.717, 1.165) is 34.2 Å².